The number of hydrogen-bond acceptors (Lipinski definition) is 4. The van der Waals surface area contributed by atoms with E-state index >= 15 is 0 Å². The highest BCUT2D eigenvalue weighted by Crippen LogP contribution is 2.26. The molecule has 0 aromatic carbocycles. The highest BCUT2D eigenvalue weighted by atomic mass is 35.5. The van der Waals surface area contributed by atoms with Gasteiger partial charge in [0, 0.05) is 25.3 Å². The van der Waals surface area contributed by atoms with Crippen LogP contribution in [0.3, 0.4) is 0 Å². The predicted octanol–water partition coefficient (Wildman–Crippen LogP) is 1.65. The van der Waals surface area contributed by atoms with Gasteiger partial charge in [0.25, 0.3) is 0 Å². The number of aliphatic hydroxyl groups is 1. The van der Waals surface area contributed by atoms with Gasteiger partial charge in [-0.2, -0.15) is 0 Å². The molecule has 0 atom stereocenters. The number of hydrogen-bond donors (Lipinski definition) is 1. The van der Waals surface area contributed by atoms with Gasteiger partial charge >= 0.3 is 0 Å². The molecular formula is C11H16ClN3O. The molecule has 5 heteroatoms. The smallest absolute Gasteiger partial charge is 0.137 e. The summed E-state index contributed by atoms with van der Waals surface area (Å²) in [5, 5.41) is 9.60. The molecule has 1 fully saturated rings. The average Bonchev–Trinajstić information content (AvgIpc) is 2.33. The van der Waals surface area contributed by atoms with E-state index in [-0.39, 0.29) is 6.61 Å². The molecule has 1 aromatic heterocycles. The van der Waals surface area contributed by atoms with E-state index in [9.17, 15) is 0 Å². The number of piperidine rings is 1. The van der Waals surface area contributed by atoms with Crippen molar-refractivity contribution in [3.63, 3.8) is 0 Å². The Morgan fingerprint density at radius 2 is 2.12 bits per heavy atom. The molecule has 2 heterocycles. The van der Waals surface area contributed by atoms with Gasteiger partial charge in [-0.3, -0.25) is 0 Å². The summed E-state index contributed by atoms with van der Waals surface area (Å²) < 4.78 is 0. The van der Waals surface area contributed by atoms with Gasteiger partial charge in [0.2, 0.25) is 0 Å². The van der Waals surface area contributed by atoms with Crippen molar-refractivity contribution < 1.29 is 5.11 Å². The minimum absolute atomic E-state index is 0.289. The second kappa shape index (κ2) is 4.97. The van der Waals surface area contributed by atoms with Crippen molar-refractivity contribution in [3.8, 4) is 0 Å². The largest absolute Gasteiger partial charge is 0.396 e. The lowest BCUT2D eigenvalue weighted by Gasteiger charge is -2.32. The van der Waals surface area contributed by atoms with Crippen LogP contribution >= 0.6 is 11.6 Å². The topological polar surface area (TPSA) is 49.2 Å². The molecule has 2 rings (SSSR count). The van der Waals surface area contributed by atoms with Gasteiger partial charge in [0.15, 0.2) is 0 Å². The first-order valence-electron chi connectivity index (χ1n) is 5.55. The highest BCUT2D eigenvalue weighted by molar-refractivity contribution is 6.30. The van der Waals surface area contributed by atoms with Crippen LogP contribution in [-0.2, 0) is 0 Å². The van der Waals surface area contributed by atoms with Crippen LogP contribution in [0.15, 0.2) is 6.33 Å². The highest BCUT2D eigenvalue weighted by Gasteiger charge is 2.21. The summed E-state index contributed by atoms with van der Waals surface area (Å²) in [7, 11) is 0. The van der Waals surface area contributed by atoms with Crippen molar-refractivity contribution in [2.24, 2.45) is 5.92 Å². The molecule has 0 unspecified atom stereocenters. The minimum Gasteiger partial charge on any atom is -0.396 e. The average molecular weight is 242 g/mol. The summed E-state index contributed by atoms with van der Waals surface area (Å²) >= 11 is 5.97. The second-order valence-electron chi connectivity index (χ2n) is 4.23. The van der Waals surface area contributed by atoms with Gasteiger partial charge in [-0.1, -0.05) is 11.6 Å². The minimum atomic E-state index is 0.289. The molecule has 88 valence electrons. The fourth-order valence-electron chi connectivity index (χ4n) is 2.07. The first-order valence-corrected chi connectivity index (χ1v) is 5.93. The Bertz CT molecular complexity index is 364. The van der Waals surface area contributed by atoms with Gasteiger partial charge in [0.1, 0.15) is 17.3 Å². The Morgan fingerprint density at radius 3 is 2.75 bits per heavy atom. The normalized spacial score (nSPS) is 17.8. The van der Waals surface area contributed by atoms with Crippen molar-refractivity contribution in [1.29, 1.82) is 0 Å². The van der Waals surface area contributed by atoms with E-state index in [1.807, 2.05) is 6.92 Å². The molecule has 1 aromatic rings. The monoisotopic (exact) mass is 241 g/mol. The molecule has 16 heavy (non-hydrogen) atoms. The van der Waals surface area contributed by atoms with E-state index in [1.54, 1.807) is 0 Å². The summed E-state index contributed by atoms with van der Waals surface area (Å²) in [6, 6.07) is 0. The van der Waals surface area contributed by atoms with Crippen molar-refractivity contribution in [2.45, 2.75) is 19.8 Å². The molecule has 0 amide bonds. The van der Waals surface area contributed by atoms with Crippen LogP contribution in [0.25, 0.3) is 0 Å². The van der Waals surface area contributed by atoms with Crippen LogP contribution in [0.5, 0.6) is 0 Å². The molecule has 1 aliphatic heterocycles. The molecule has 1 saturated heterocycles. The first kappa shape index (κ1) is 11.6. The fourth-order valence-corrected chi connectivity index (χ4v) is 2.19. The molecule has 4 nitrogen and oxygen atoms in total. The summed E-state index contributed by atoms with van der Waals surface area (Å²) in [6.45, 7) is 4.09. The second-order valence-corrected chi connectivity index (χ2v) is 4.58. The maximum absolute atomic E-state index is 9.08. The molecule has 0 saturated carbocycles. The zero-order valence-electron chi connectivity index (χ0n) is 9.36. The fraction of sp³-hybridized carbons (Fsp3) is 0.636. The lowest BCUT2D eigenvalue weighted by atomic mass is 9.98. The van der Waals surface area contributed by atoms with E-state index in [2.05, 4.69) is 14.9 Å². The Balaban J connectivity index is 2.11. The Hall–Kier alpha value is -0.870. The number of aromatic nitrogens is 2. The SMILES string of the molecule is Cc1c(Cl)ncnc1N1CCC(CO)CC1. The van der Waals surface area contributed by atoms with Crippen LogP contribution in [0, 0.1) is 12.8 Å². The zero-order valence-corrected chi connectivity index (χ0v) is 10.1. The predicted molar refractivity (Wildman–Crippen MR) is 63.8 cm³/mol. The Labute approximate surface area is 100 Å². The third-order valence-electron chi connectivity index (χ3n) is 3.17. The Morgan fingerprint density at radius 1 is 1.44 bits per heavy atom. The molecule has 1 N–H and O–H groups in total. The van der Waals surface area contributed by atoms with Crippen molar-refractivity contribution >= 4 is 17.4 Å². The number of aliphatic hydroxyl groups excluding tert-OH is 1. The first-order chi connectivity index (χ1) is 7.72. The van der Waals surface area contributed by atoms with Crippen LogP contribution in [-0.4, -0.2) is 34.8 Å². The standard InChI is InChI=1S/C11H16ClN3O/c1-8-10(12)13-7-14-11(8)15-4-2-9(6-16)3-5-15/h7,9,16H,2-6H2,1H3. The maximum Gasteiger partial charge on any atom is 0.137 e. The van der Waals surface area contributed by atoms with Gasteiger partial charge in [0.05, 0.1) is 0 Å². The molecule has 0 aliphatic carbocycles. The number of anilines is 1. The summed E-state index contributed by atoms with van der Waals surface area (Å²) in [5.41, 5.74) is 0.937. The molecule has 1 aliphatic rings. The van der Waals surface area contributed by atoms with Gasteiger partial charge < -0.3 is 10.0 Å². The van der Waals surface area contributed by atoms with Gasteiger partial charge in [-0.25, -0.2) is 9.97 Å². The van der Waals surface area contributed by atoms with Crippen LogP contribution in [0.2, 0.25) is 5.15 Å². The Kier molecular flexibility index (Phi) is 3.61. The summed E-state index contributed by atoms with van der Waals surface area (Å²) in [5.74, 6) is 1.37. The van der Waals surface area contributed by atoms with Crippen LogP contribution in [0.1, 0.15) is 18.4 Å². The molecule has 0 bridgehead atoms. The van der Waals surface area contributed by atoms with E-state index in [0.29, 0.717) is 11.1 Å². The lowest BCUT2D eigenvalue weighted by molar-refractivity contribution is 0.202. The van der Waals surface area contributed by atoms with Gasteiger partial charge in [-0.05, 0) is 25.7 Å². The third-order valence-corrected chi connectivity index (χ3v) is 3.55. The van der Waals surface area contributed by atoms with Crippen molar-refractivity contribution in [3.05, 3.63) is 17.0 Å². The molecular weight excluding hydrogens is 226 g/mol. The quantitative estimate of drug-likeness (QED) is 0.800. The van der Waals surface area contributed by atoms with E-state index < -0.39 is 0 Å². The van der Waals surface area contributed by atoms with E-state index in [1.165, 1.54) is 6.33 Å². The molecule has 0 spiro atoms. The number of nitrogens with zero attached hydrogens (tertiary/aromatic N) is 3. The van der Waals surface area contributed by atoms with Crippen LogP contribution in [0.4, 0.5) is 5.82 Å². The maximum atomic E-state index is 9.08. The number of halogens is 1. The van der Waals surface area contributed by atoms with Crippen LogP contribution < -0.4 is 4.90 Å². The van der Waals surface area contributed by atoms with E-state index in [4.69, 9.17) is 16.7 Å². The molecule has 0 radical (unpaired) electrons. The number of rotatable bonds is 2. The lowest BCUT2D eigenvalue weighted by Crippen LogP contribution is -2.35. The summed E-state index contributed by atoms with van der Waals surface area (Å²) in [6.07, 6.45) is 3.53. The third kappa shape index (κ3) is 2.28. The zero-order chi connectivity index (χ0) is 11.5. The summed E-state index contributed by atoms with van der Waals surface area (Å²) in [4.78, 5) is 10.5. The van der Waals surface area contributed by atoms with E-state index in [0.717, 1.165) is 37.3 Å². The van der Waals surface area contributed by atoms with Gasteiger partial charge in [-0.15, -0.1) is 0 Å². The van der Waals surface area contributed by atoms with Crippen molar-refractivity contribution in [2.75, 3.05) is 24.6 Å². The van der Waals surface area contributed by atoms with Crippen molar-refractivity contribution in [1.82, 2.24) is 9.97 Å².